The molecule has 5 heteroatoms. The molecule has 1 heterocycles. The van der Waals surface area contributed by atoms with Crippen molar-refractivity contribution in [1.29, 1.82) is 0 Å². The number of ketones is 2. The van der Waals surface area contributed by atoms with Gasteiger partial charge >= 0.3 is 0 Å². The van der Waals surface area contributed by atoms with Gasteiger partial charge in [-0.25, -0.2) is 4.98 Å². The smallest absolute Gasteiger partial charge is 0.227 e. The summed E-state index contributed by atoms with van der Waals surface area (Å²) in [6.07, 6.45) is 1.13. The number of carbonyl (C=O) groups excluding carboxylic acids is 2. The largest absolute Gasteiger partial charge is 0.395 e. The van der Waals surface area contributed by atoms with E-state index < -0.39 is 5.78 Å². The van der Waals surface area contributed by atoms with Crippen molar-refractivity contribution in [3.8, 4) is 0 Å². The number of allylic oxidation sites excluding steroid dienone is 2. The van der Waals surface area contributed by atoms with Crippen molar-refractivity contribution in [2.24, 2.45) is 5.73 Å². The first-order valence-electron chi connectivity index (χ1n) is 3.82. The Kier molecular flexibility index (Phi) is 1.96. The number of carbonyl (C=O) groups is 2. The van der Waals surface area contributed by atoms with E-state index in [1.165, 1.54) is 0 Å². The number of hydrogen-bond donors (Lipinski definition) is 1. The molecule has 0 atom stereocenters. The lowest BCUT2D eigenvalue weighted by atomic mass is 9.98. The number of hydrogen-bond acceptors (Lipinski definition) is 4. The quantitative estimate of drug-likeness (QED) is 0.702. The Bertz CT molecular complexity index is 480. The van der Waals surface area contributed by atoms with E-state index in [4.69, 9.17) is 5.73 Å². The van der Waals surface area contributed by atoms with E-state index in [1.54, 1.807) is 12.1 Å². The van der Waals surface area contributed by atoms with Crippen LogP contribution in [0.2, 0.25) is 0 Å². The molecule has 0 unspecified atom stereocenters. The van der Waals surface area contributed by atoms with E-state index in [9.17, 15) is 9.59 Å². The predicted molar refractivity (Wildman–Crippen MR) is 52.9 cm³/mol. The highest BCUT2D eigenvalue weighted by molar-refractivity contribution is 9.10. The molecule has 0 aromatic carbocycles. The van der Waals surface area contributed by atoms with Crippen molar-refractivity contribution in [2.75, 3.05) is 0 Å². The third kappa shape index (κ3) is 1.26. The second-order valence-electron chi connectivity index (χ2n) is 2.82. The third-order valence-electron chi connectivity index (χ3n) is 1.89. The Balaban J connectivity index is 2.69. The minimum atomic E-state index is -0.402. The zero-order valence-corrected chi connectivity index (χ0v) is 8.54. The lowest BCUT2D eigenvalue weighted by Gasteiger charge is -2.10. The van der Waals surface area contributed by atoms with E-state index in [0.717, 1.165) is 6.08 Å². The van der Waals surface area contributed by atoms with E-state index in [2.05, 4.69) is 20.9 Å². The average Bonchev–Trinajstić information content (AvgIpc) is 2.14. The fraction of sp³-hybridized carbons (Fsp3) is 0. The normalized spacial score (nSPS) is 15.1. The fourth-order valence-electron chi connectivity index (χ4n) is 1.23. The summed E-state index contributed by atoms with van der Waals surface area (Å²) >= 11 is 3.12. The van der Waals surface area contributed by atoms with E-state index in [0.29, 0.717) is 10.2 Å². The summed E-state index contributed by atoms with van der Waals surface area (Å²) in [6, 6.07) is 3.16. The summed E-state index contributed by atoms with van der Waals surface area (Å²) in [7, 11) is 0. The zero-order chi connectivity index (χ0) is 10.3. The highest BCUT2D eigenvalue weighted by atomic mass is 79.9. The number of pyridine rings is 1. The number of halogens is 1. The van der Waals surface area contributed by atoms with Gasteiger partial charge in [-0.15, -0.1) is 0 Å². The summed E-state index contributed by atoms with van der Waals surface area (Å²) < 4.78 is 0.507. The van der Waals surface area contributed by atoms with Gasteiger partial charge in [0.25, 0.3) is 0 Å². The molecular formula is C9H5BrN2O2. The molecule has 1 aliphatic carbocycles. The van der Waals surface area contributed by atoms with Gasteiger partial charge in [0.2, 0.25) is 5.78 Å². The van der Waals surface area contributed by atoms with E-state index in [1.807, 2.05) is 0 Å². The highest BCUT2D eigenvalue weighted by Gasteiger charge is 2.25. The van der Waals surface area contributed by atoms with Crippen molar-refractivity contribution < 1.29 is 9.59 Å². The summed E-state index contributed by atoms with van der Waals surface area (Å²) in [6.45, 7) is 0. The number of fused-ring (bicyclic) bond motifs is 1. The van der Waals surface area contributed by atoms with Crippen LogP contribution in [-0.2, 0) is 0 Å². The Labute approximate surface area is 87.9 Å². The van der Waals surface area contributed by atoms with Crippen LogP contribution in [0.25, 0.3) is 0 Å². The van der Waals surface area contributed by atoms with Gasteiger partial charge in [-0.3, -0.25) is 9.59 Å². The zero-order valence-electron chi connectivity index (χ0n) is 6.95. The maximum Gasteiger partial charge on any atom is 0.227 e. The van der Waals surface area contributed by atoms with Crippen LogP contribution in [-0.4, -0.2) is 16.6 Å². The molecule has 0 bridgehead atoms. The molecule has 1 aromatic rings. The molecule has 2 N–H and O–H groups in total. The minimum Gasteiger partial charge on any atom is -0.395 e. The summed E-state index contributed by atoms with van der Waals surface area (Å²) in [5.74, 6) is -0.682. The average molecular weight is 253 g/mol. The molecular weight excluding hydrogens is 248 g/mol. The van der Waals surface area contributed by atoms with Crippen molar-refractivity contribution in [1.82, 2.24) is 4.98 Å². The highest BCUT2D eigenvalue weighted by Crippen LogP contribution is 2.19. The monoisotopic (exact) mass is 252 g/mol. The van der Waals surface area contributed by atoms with Gasteiger partial charge in [0.15, 0.2) is 5.78 Å². The van der Waals surface area contributed by atoms with Gasteiger partial charge in [0, 0.05) is 6.08 Å². The second kappa shape index (κ2) is 3.02. The van der Waals surface area contributed by atoms with Crippen LogP contribution in [0.5, 0.6) is 0 Å². The molecule has 0 amide bonds. The molecule has 14 heavy (non-hydrogen) atoms. The molecule has 0 fully saturated rings. The molecule has 4 nitrogen and oxygen atoms in total. The summed E-state index contributed by atoms with van der Waals surface area (Å²) in [5.41, 5.74) is 5.72. The number of nitrogens with zero attached hydrogens (tertiary/aromatic N) is 1. The molecule has 2 rings (SSSR count). The van der Waals surface area contributed by atoms with Crippen LogP contribution in [0.1, 0.15) is 20.8 Å². The third-order valence-corrected chi connectivity index (χ3v) is 2.33. The number of aromatic nitrogens is 1. The number of nitrogens with two attached hydrogens (primary N) is 1. The number of Topliss-reactive ketones (excluding diaryl/α,β-unsaturated/α-hetero) is 1. The lowest BCUT2D eigenvalue weighted by molar-refractivity contribution is 0.0979. The molecule has 1 aromatic heterocycles. The van der Waals surface area contributed by atoms with E-state index >= 15 is 0 Å². The Morgan fingerprint density at radius 3 is 2.71 bits per heavy atom. The van der Waals surface area contributed by atoms with Gasteiger partial charge in [-0.2, -0.15) is 0 Å². The SMILES string of the molecule is NC1=CC(=O)c2ccc(Br)nc2C1=O. The first-order valence-corrected chi connectivity index (χ1v) is 4.61. The first-order chi connectivity index (χ1) is 6.59. The minimum absolute atomic E-state index is 0.0619. The fourth-order valence-corrected chi connectivity index (χ4v) is 1.54. The van der Waals surface area contributed by atoms with Crippen LogP contribution in [0, 0.1) is 0 Å². The topological polar surface area (TPSA) is 73.1 Å². The molecule has 0 saturated carbocycles. The van der Waals surface area contributed by atoms with Gasteiger partial charge in [0.05, 0.1) is 11.3 Å². The van der Waals surface area contributed by atoms with Crippen molar-refractivity contribution in [2.45, 2.75) is 0 Å². The van der Waals surface area contributed by atoms with Crippen molar-refractivity contribution in [3.63, 3.8) is 0 Å². The van der Waals surface area contributed by atoms with Gasteiger partial charge in [0.1, 0.15) is 10.3 Å². The van der Waals surface area contributed by atoms with Crippen LogP contribution >= 0.6 is 15.9 Å². The van der Waals surface area contributed by atoms with E-state index in [-0.39, 0.29) is 17.2 Å². The van der Waals surface area contributed by atoms with Crippen LogP contribution in [0.4, 0.5) is 0 Å². The first kappa shape index (κ1) is 9.08. The maximum atomic E-state index is 11.5. The van der Waals surface area contributed by atoms with Crippen LogP contribution < -0.4 is 5.73 Å². The molecule has 70 valence electrons. The van der Waals surface area contributed by atoms with Gasteiger partial charge in [-0.1, -0.05) is 0 Å². The molecule has 0 saturated heterocycles. The lowest BCUT2D eigenvalue weighted by Crippen LogP contribution is -2.23. The van der Waals surface area contributed by atoms with Crippen molar-refractivity contribution in [3.05, 3.63) is 39.8 Å². The Morgan fingerprint density at radius 2 is 2.00 bits per heavy atom. The predicted octanol–water partition coefficient (Wildman–Crippen LogP) is 1.07. The number of rotatable bonds is 0. The summed E-state index contributed by atoms with van der Waals surface area (Å²) in [4.78, 5) is 26.8. The summed E-state index contributed by atoms with van der Waals surface area (Å²) in [5, 5.41) is 0. The van der Waals surface area contributed by atoms with Gasteiger partial charge in [-0.05, 0) is 28.1 Å². The Hall–Kier alpha value is -1.49. The van der Waals surface area contributed by atoms with Crippen molar-refractivity contribution >= 4 is 27.5 Å². The standard InChI is InChI=1S/C9H5BrN2O2/c10-7-2-1-4-6(13)3-5(11)9(14)8(4)12-7/h1-3H,11H2. The molecule has 1 aliphatic rings. The molecule has 0 spiro atoms. The van der Waals surface area contributed by atoms with Gasteiger partial charge < -0.3 is 5.73 Å². The van der Waals surface area contributed by atoms with Crippen LogP contribution in [0.3, 0.4) is 0 Å². The van der Waals surface area contributed by atoms with Crippen LogP contribution in [0.15, 0.2) is 28.5 Å². The molecule has 0 radical (unpaired) electrons. The molecule has 0 aliphatic heterocycles. The second-order valence-corrected chi connectivity index (χ2v) is 3.64. The maximum absolute atomic E-state index is 11.5. The Morgan fingerprint density at radius 1 is 1.29 bits per heavy atom.